The minimum absolute atomic E-state index is 0.212. The van der Waals surface area contributed by atoms with Gasteiger partial charge in [-0.05, 0) is 67.6 Å². The van der Waals surface area contributed by atoms with Crippen LogP contribution in [0.25, 0.3) is 0 Å². The lowest BCUT2D eigenvalue weighted by molar-refractivity contribution is 0.288. The van der Waals surface area contributed by atoms with E-state index in [9.17, 15) is 5.11 Å². The highest BCUT2D eigenvalue weighted by atomic mass is 16.5. The molecule has 0 fully saturated rings. The molecule has 2 N–H and O–H groups in total. The molecule has 0 radical (unpaired) electrons. The summed E-state index contributed by atoms with van der Waals surface area (Å²) in [6.07, 6.45) is 1.65. The molecule has 3 heteroatoms. The smallest absolute Gasteiger partial charge is 0.133 e. The van der Waals surface area contributed by atoms with Crippen LogP contribution < -0.4 is 4.74 Å². The average molecular weight is 363 g/mol. The largest absolute Gasteiger partial charge is 0.508 e. The lowest BCUT2D eigenvalue weighted by Crippen LogP contribution is -1.96. The topological polar surface area (TPSA) is 49.7 Å². The number of aromatic hydroxyl groups is 1. The van der Waals surface area contributed by atoms with E-state index in [2.05, 4.69) is 12.1 Å². The van der Waals surface area contributed by atoms with Gasteiger partial charge in [-0.15, -0.1) is 0 Å². The highest BCUT2D eigenvalue weighted by Crippen LogP contribution is 2.30. The summed E-state index contributed by atoms with van der Waals surface area (Å²) in [6.45, 7) is 16.3. The van der Waals surface area contributed by atoms with E-state index in [1.807, 2.05) is 55.4 Å². The minimum Gasteiger partial charge on any atom is -0.508 e. The van der Waals surface area contributed by atoms with Gasteiger partial charge in [-0.25, -0.2) is 0 Å². The van der Waals surface area contributed by atoms with Gasteiger partial charge in [0.15, 0.2) is 0 Å². The molecule has 0 amide bonds. The lowest BCUT2D eigenvalue weighted by Gasteiger charge is -2.14. The Kier molecular flexibility index (Phi) is 16.6. The molecule has 2 aromatic carbocycles. The summed E-state index contributed by atoms with van der Waals surface area (Å²) in [4.78, 5) is 0. The summed E-state index contributed by atoms with van der Waals surface area (Å²) >= 11 is 0. The molecule has 0 heterocycles. The zero-order chi connectivity index (χ0) is 20.5. The van der Waals surface area contributed by atoms with E-state index >= 15 is 0 Å². The molecule has 0 atom stereocenters. The number of rotatable bonds is 5. The number of phenolic OH excluding ortho intramolecular Hbond substituents is 1. The fourth-order valence-electron chi connectivity index (χ4n) is 2.26. The maximum atomic E-state index is 9.27. The first-order valence-electron chi connectivity index (χ1n) is 9.78. The van der Waals surface area contributed by atoms with Gasteiger partial charge in [-0.1, -0.05) is 53.7 Å². The molecule has 0 aromatic heterocycles. The van der Waals surface area contributed by atoms with Gasteiger partial charge in [0.2, 0.25) is 0 Å². The summed E-state index contributed by atoms with van der Waals surface area (Å²) in [5, 5.41) is 18.2. The van der Waals surface area contributed by atoms with E-state index in [0.29, 0.717) is 5.75 Å². The highest BCUT2D eigenvalue weighted by molar-refractivity contribution is 5.46. The predicted molar refractivity (Wildman–Crippen MR) is 114 cm³/mol. The summed E-state index contributed by atoms with van der Waals surface area (Å²) in [6, 6.07) is 10.9. The Labute approximate surface area is 160 Å². The summed E-state index contributed by atoms with van der Waals surface area (Å²) in [5.41, 5.74) is 3.36. The Bertz CT molecular complexity index is 552. The number of phenols is 1. The zero-order valence-electron chi connectivity index (χ0n) is 17.9. The summed E-state index contributed by atoms with van der Waals surface area (Å²) in [7, 11) is 0. The van der Waals surface area contributed by atoms with Crippen LogP contribution in [0.3, 0.4) is 0 Å². The molecule has 148 valence electrons. The Balaban J connectivity index is 0. The van der Waals surface area contributed by atoms with Crippen LogP contribution >= 0.6 is 0 Å². The van der Waals surface area contributed by atoms with Crippen molar-refractivity contribution in [1.29, 1.82) is 0 Å². The third-order valence-corrected chi connectivity index (χ3v) is 3.20. The van der Waals surface area contributed by atoms with Crippen molar-refractivity contribution < 1.29 is 14.9 Å². The van der Waals surface area contributed by atoms with Crippen LogP contribution in [0.15, 0.2) is 36.4 Å². The molecule has 3 nitrogen and oxygen atoms in total. The number of ether oxygens (including phenoxy) is 1. The van der Waals surface area contributed by atoms with Crippen LogP contribution in [0.5, 0.6) is 17.2 Å². The molecule has 26 heavy (non-hydrogen) atoms. The van der Waals surface area contributed by atoms with Gasteiger partial charge in [0.05, 0.1) is 0 Å². The van der Waals surface area contributed by atoms with Crippen molar-refractivity contribution in [3.05, 3.63) is 53.1 Å². The number of aryl methyl sites for hydroxylation is 3. The van der Waals surface area contributed by atoms with Crippen molar-refractivity contribution in [1.82, 2.24) is 0 Å². The van der Waals surface area contributed by atoms with Crippen LogP contribution in [-0.4, -0.2) is 16.8 Å². The second-order valence-electron chi connectivity index (χ2n) is 4.98. The average Bonchev–Trinajstić information content (AvgIpc) is 2.69. The standard InChI is InChI=1S/C17H20O3.3C2H6/c1-12-10-14(4-3-9-18)11-13(2)17(12)20-16-7-5-15(19)6-8-16;3*1-2/h5-8,10-11,18-19H,3-4,9H2,1-2H3;3*1-2H3. The third kappa shape index (κ3) is 9.47. The fraction of sp³-hybridized carbons (Fsp3) is 0.478. The third-order valence-electron chi connectivity index (χ3n) is 3.20. The van der Waals surface area contributed by atoms with Crippen LogP contribution in [0.4, 0.5) is 0 Å². The van der Waals surface area contributed by atoms with E-state index in [1.54, 1.807) is 24.3 Å². The first-order chi connectivity index (χ1) is 12.6. The van der Waals surface area contributed by atoms with E-state index in [1.165, 1.54) is 5.56 Å². The van der Waals surface area contributed by atoms with Crippen LogP contribution in [0.2, 0.25) is 0 Å². The summed E-state index contributed by atoms with van der Waals surface area (Å²) in [5.74, 6) is 1.78. The van der Waals surface area contributed by atoms with Gasteiger partial charge in [0.25, 0.3) is 0 Å². The van der Waals surface area contributed by atoms with E-state index in [0.717, 1.165) is 29.7 Å². The van der Waals surface area contributed by atoms with Crippen molar-refractivity contribution in [2.75, 3.05) is 6.61 Å². The van der Waals surface area contributed by atoms with Crippen molar-refractivity contribution in [3.63, 3.8) is 0 Å². The van der Waals surface area contributed by atoms with Gasteiger partial charge >= 0.3 is 0 Å². The SMILES string of the molecule is CC.CC.CC.Cc1cc(CCCO)cc(C)c1Oc1ccc(O)cc1. The molecule has 0 spiro atoms. The normalized spacial score (nSPS) is 8.81. The minimum atomic E-state index is 0.212. The Morgan fingerprint density at radius 2 is 1.27 bits per heavy atom. The quantitative estimate of drug-likeness (QED) is 0.614. The molecule has 0 unspecified atom stereocenters. The molecule has 2 rings (SSSR count). The maximum absolute atomic E-state index is 9.27. The number of aliphatic hydroxyl groups excluding tert-OH is 1. The summed E-state index contributed by atoms with van der Waals surface area (Å²) < 4.78 is 5.89. The molecule has 0 aliphatic rings. The van der Waals surface area contributed by atoms with Crippen molar-refractivity contribution in [2.24, 2.45) is 0 Å². The highest BCUT2D eigenvalue weighted by Gasteiger charge is 2.08. The van der Waals surface area contributed by atoms with Crippen LogP contribution in [-0.2, 0) is 6.42 Å². The number of aliphatic hydroxyl groups is 1. The van der Waals surface area contributed by atoms with Crippen molar-refractivity contribution in [3.8, 4) is 17.2 Å². The molecule has 0 saturated carbocycles. The first kappa shape index (κ1) is 26.2. The number of benzene rings is 2. The Morgan fingerprint density at radius 3 is 1.69 bits per heavy atom. The van der Waals surface area contributed by atoms with Crippen molar-refractivity contribution >= 4 is 0 Å². The molecule has 0 aliphatic carbocycles. The van der Waals surface area contributed by atoms with E-state index in [4.69, 9.17) is 9.84 Å². The molecule has 0 saturated heterocycles. The lowest BCUT2D eigenvalue weighted by atomic mass is 10.0. The molecule has 2 aromatic rings. The molecular formula is C23H38O3. The van der Waals surface area contributed by atoms with Gasteiger partial charge in [0.1, 0.15) is 17.2 Å². The van der Waals surface area contributed by atoms with Gasteiger partial charge < -0.3 is 14.9 Å². The van der Waals surface area contributed by atoms with Crippen molar-refractivity contribution in [2.45, 2.75) is 68.2 Å². The number of hydrogen-bond donors (Lipinski definition) is 2. The zero-order valence-corrected chi connectivity index (χ0v) is 17.9. The van der Waals surface area contributed by atoms with Crippen LogP contribution in [0, 0.1) is 13.8 Å². The fourth-order valence-corrected chi connectivity index (χ4v) is 2.26. The van der Waals surface area contributed by atoms with Gasteiger partial charge in [-0.2, -0.15) is 0 Å². The van der Waals surface area contributed by atoms with E-state index < -0.39 is 0 Å². The first-order valence-corrected chi connectivity index (χ1v) is 9.78. The molecule has 0 aliphatic heterocycles. The predicted octanol–water partition coefficient (Wildman–Crippen LogP) is 6.80. The van der Waals surface area contributed by atoms with Gasteiger partial charge in [-0.3, -0.25) is 0 Å². The Hall–Kier alpha value is -2.00. The number of hydrogen-bond acceptors (Lipinski definition) is 3. The Morgan fingerprint density at radius 1 is 0.808 bits per heavy atom. The maximum Gasteiger partial charge on any atom is 0.133 e. The monoisotopic (exact) mass is 362 g/mol. The second-order valence-corrected chi connectivity index (χ2v) is 4.98. The molecule has 0 bridgehead atoms. The van der Waals surface area contributed by atoms with Crippen LogP contribution in [0.1, 0.15) is 64.7 Å². The molecular weight excluding hydrogens is 324 g/mol. The van der Waals surface area contributed by atoms with Gasteiger partial charge in [0, 0.05) is 6.61 Å². The second kappa shape index (κ2) is 16.5. The van der Waals surface area contributed by atoms with E-state index in [-0.39, 0.29) is 12.4 Å².